The number of pyridine rings is 1. The van der Waals surface area contributed by atoms with Crippen molar-refractivity contribution in [3.05, 3.63) is 59.9 Å². The van der Waals surface area contributed by atoms with E-state index >= 15 is 0 Å². The van der Waals surface area contributed by atoms with Crippen LogP contribution in [0.1, 0.15) is 16.1 Å². The monoisotopic (exact) mass is 299 g/mol. The summed E-state index contributed by atoms with van der Waals surface area (Å²) in [5.74, 6) is 0.386. The van der Waals surface area contributed by atoms with Crippen LogP contribution in [0.5, 0.6) is 5.75 Å². The van der Waals surface area contributed by atoms with Gasteiger partial charge in [0, 0.05) is 11.8 Å². The summed E-state index contributed by atoms with van der Waals surface area (Å²) in [6.07, 6.45) is 1.69. The highest BCUT2D eigenvalue weighted by Crippen LogP contribution is 2.11. The van der Waals surface area contributed by atoms with Crippen LogP contribution in [0.3, 0.4) is 0 Å². The second kappa shape index (κ2) is 7.78. The van der Waals surface area contributed by atoms with Crippen molar-refractivity contribution in [2.75, 3.05) is 14.2 Å². The molecule has 0 radical (unpaired) electrons. The molecule has 0 atom stereocenters. The molecule has 0 saturated carbocycles. The van der Waals surface area contributed by atoms with E-state index in [1.807, 2.05) is 18.2 Å². The zero-order chi connectivity index (χ0) is 15.8. The first-order valence-electron chi connectivity index (χ1n) is 6.66. The zero-order valence-corrected chi connectivity index (χ0v) is 12.4. The van der Waals surface area contributed by atoms with Crippen molar-refractivity contribution in [3.63, 3.8) is 0 Å². The number of rotatable bonds is 4. The molecule has 114 valence electrons. The molecule has 0 fully saturated rings. The van der Waals surface area contributed by atoms with Gasteiger partial charge in [-0.2, -0.15) is 0 Å². The molecule has 0 unspecified atom stereocenters. The molecular formula is C16H17N3O3. The lowest BCUT2D eigenvalue weighted by atomic mass is 10.2. The molecule has 1 amide bonds. The molecule has 0 aliphatic carbocycles. The Morgan fingerprint density at radius 3 is 2.55 bits per heavy atom. The predicted octanol–water partition coefficient (Wildman–Crippen LogP) is 2.02. The van der Waals surface area contributed by atoms with Crippen molar-refractivity contribution in [1.82, 2.24) is 10.3 Å². The van der Waals surface area contributed by atoms with Crippen molar-refractivity contribution < 1.29 is 14.3 Å². The van der Waals surface area contributed by atoms with Gasteiger partial charge in [-0.25, -0.2) is 4.99 Å². The maximum Gasteiger partial charge on any atom is 0.291 e. The third kappa shape index (κ3) is 4.31. The van der Waals surface area contributed by atoms with Gasteiger partial charge in [0.2, 0.25) is 0 Å². The molecule has 2 aromatic rings. The molecule has 0 bridgehead atoms. The summed E-state index contributed by atoms with van der Waals surface area (Å²) >= 11 is 0. The Bertz CT molecular complexity index is 639. The molecule has 0 saturated heterocycles. The van der Waals surface area contributed by atoms with Gasteiger partial charge in [-0.1, -0.05) is 6.07 Å². The Labute approximate surface area is 128 Å². The second-order valence-corrected chi connectivity index (χ2v) is 4.33. The van der Waals surface area contributed by atoms with Crippen molar-refractivity contribution >= 4 is 11.9 Å². The molecule has 0 aliphatic rings. The standard InChI is InChI=1S/C16H17N3O3/c1-21-14-8-6-12(7-9-14)15(20)19-16(22-2)18-11-13-5-3-4-10-17-13/h3-10H,11H2,1-2H3,(H,18,19,20). The number of amidine groups is 1. The van der Waals surface area contributed by atoms with E-state index in [-0.39, 0.29) is 11.9 Å². The van der Waals surface area contributed by atoms with Crippen LogP contribution in [0, 0.1) is 0 Å². The first kappa shape index (κ1) is 15.5. The number of hydrogen-bond donors (Lipinski definition) is 1. The number of aromatic nitrogens is 1. The van der Waals surface area contributed by atoms with E-state index in [4.69, 9.17) is 9.47 Å². The summed E-state index contributed by atoms with van der Waals surface area (Å²) in [7, 11) is 3.02. The van der Waals surface area contributed by atoms with Crippen LogP contribution < -0.4 is 10.1 Å². The predicted molar refractivity (Wildman–Crippen MR) is 82.8 cm³/mol. The van der Waals surface area contributed by atoms with Crippen molar-refractivity contribution in [2.24, 2.45) is 4.99 Å². The number of aliphatic imine (C=N–C) groups is 1. The molecule has 6 heteroatoms. The summed E-state index contributed by atoms with van der Waals surface area (Å²) in [5.41, 5.74) is 1.28. The maximum absolute atomic E-state index is 12.1. The first-order chi connectivity index (χ1) is 10.7. The van der Waals surface area contributed by atoms with Crippen LogP contribution >= 0.6 is 0 Å². The lowest BCUT2D eigenvalue weighted by Crippen LogP contribution is -2.31. The van der Waals surface area contributed by atoms with Crippen LogP contribution in [0.25, 0.3) is 0 Å². The van der Waals surface area contributed by atoms with Crippen LogP contribution in [0.2, 0.25) is 0 Å². The molecule has 0 spiro atoms. The van der Waals surface area contributed by atoms with Crippen molar-refractivity contribution in [1.29, 1.82) is 0 Å². The van der Waals surface area contributed by atoms with E-state index in [0.717, 1.165) is 5.69 Å². The minimum atomic E-state index is -0.302. The highest BCUT2D eigenvalue weighted by molar-refractivity contribution is 6.04. The van der Waals surface area contributed by atoms with Gasteiger partial charge in [-0.3, -0.25) is 15.1 Å². The number of amides is 1. The van der Waals surface area contributed by atoms with Crippen LogP contribution in [0.4, 0.5) is 0 Å². The van der Waals surface area contributed by atoms with Crippen LogP contribution in [-0.2, 0) is 11.3 Å². The Balaban J connectivity index is 2.00. The van der Waals surface area contributed by atoms with E-state index in [1.54, 1.807) is 37.6 Å². The van der Waals surface area contributed by atoms with Gasteiger partial charge in [0.05, 0.1) is 26.5 Å². The minimum absolute atomic E-state index is 0.145. The first-order valence-corrected chi connectivity index (χ1v) is 6.66. The minimum Gasteiger partial charge on any atom is -0.497 e. The van der Waals surface area contributed by atoms with Gasteiger partial charge >= 0.3 is 0 Å². The average molecular weight is 299 g/mol. The van der Waals surface area contributed by atoms with E-state index in [9.17, 15) is 4.79 Å². The number of hydrogen-bond acceptors (Lipinski definition) is 5. The Kier molecular flexibility index (Phi) is 5.48. The van der Waals surface area contributed by atoms with Crippen molar-refractivity contribution in [2.45, 2.75) is 6.54 Å². The van der Waals surface area contributed by atoms with Gasteiger partial charge in [0.25, 0.3) is 11.9 Å². The third-order valence-electron chi connectivity index (χ3n) is 2.88. The van der Waals surface area contributed by atoms with E-state index in [0.29, 0.717) is 17.9 Å². The van der Waals surface area contributed by atoms with E-state index < -0.39 is 0 Å². The van der Waals surface area contributed by atoms with E-state index in [1.165, 1.54) is 7.11 Å². The van der Waals surface area contributed by atoms with Gasteiger partial charge in [-0.05, 0) is 36.4 Å². The topological polar surface area (TPSA) is 72.8 Å². The van der Waals surface area contributed by atoms with Crippen LogP contribution in [0.15, 0.2) is 53.7 Å². The second-order valence-electron chi connectivity index (χ2n) is 4.33. The quantitative estimate of drug-likeness (QED) is 0.692. The molecule has 0 aliphatic heterocycles. The Hall–Kier alpha value is -2.89. The SMILES string of the molecule is COC(=NCc1ccccn1)NC(=O)c1ccc(OC)cc1. The molecule has 1 aromatic carbocycles. The molecule has 1 N–H and O–H groups in total. The Morgan fingerprint density at radius 1 is 1.18 bits per heavy atom. The Morgan fingerprint density at radius 2 is 1.95 bits per heavy atom. The van der Waals surface area contributed by atoms with Gasteiger partial charge in [0.1, 0.15) is 5.75 Å². The van der Waals surface area contributed by atoms with E-state index in [2.05, 4.69) is 15.3 Å². The van der Waals surface area contributed by atoms with Crippen LogP contribution in [-0.4, -0.2) is 31.1 Å². The smallest absolute Gasteiger partial charge is 0.291 e. The lowest BCUT2D eigenvalue weighted by molar-refractivity contribution is 0.0968. The molecule has 1 aromatic heterocycles. The summed E-state index contributed by atoms with van der Waals surface area (Å²) in [6.45, 7) is 0.326. The number of carbonyl (C=O) groups is 1. The van der Waals surface area contributed by atoms with Gasteiger partial charge in [0.15, 0.2) is 0 Å². The molecule has 2 rings (SSSR count). The third-order valence-corrected chi connectivity index (χ3v) is 2.88. The fraction of sp³-hybridized carbons (Fsp3) is 0.188. The fourth-order valence-corrected chi connectivity index (χ4v) is 1.71. The molecular weight excluding hydrogens is 282 g/mol. The normalized spacial score (nSPS) is 10.9. The average Bonchev–Trinajstić information content (AvgIpc) is 2.59. The molecule has 22 heavy (non-hydrogen) atoms. The highest BCUT2D eigenvalue weighted by Gasteiger charge is 2.09. The maximum atomic E-state index is 12.1. The van der Waals surface area contributed by atoms with Crippen molar-refractivity contribution in [3.8, 4) is 5.75 Å². The summed E-state index contributed by atoms with van der Waals surface area (Å²) in [5, 5.41) is 2.61. The largest absolute Gasteiger partial charge is 0.497 e. The number of ether oxygens (including phenoxy) is 2. The number of methoxy groups -OCH3 is 2. The summed E-state index contributed by atoms with van der Waals surface area (Å²) in [6, 6.07) is 12.5. The number of benzene rings is 1. The zero-order valence-electron chi connectivity index (χ0n) is 12.4. The number of nitrogens with zero attached hydrogens (tertiary/aromatic N) is 2. The number of nitrogens with one attached hydrogen (secondary N) is 1. The summed E-state index contributed by atoms with van der Waals surface area (Å²) < 4.78 is 10.1. The highest BCUT2D eigenvalue weighted by atomic mass is 16.5. The van der Waals surface area contributed by atoms with Gasteiger partial charge < -0.3 is 9.47 Å². The lowest BCUT2D eigenvalue weighted by Gasteiger charge is -2.08. The van der Waals surface area contributed by atoms with Gasteiger partial charge in [-0.15, -0.1) is 0 Å². The number of carbonyl (C=O) groups excluding carboxylic acids is 1. The summed E-state index contributed by atoms with van der Waals surface area (Å²) in [4.78, 5) is 20.4. The fourth-order valence-electron chi connectivity index (χ4n) is 1.71. The molecule has 6 nitrogen and oxygen atoms in total. The molecule has 1 heterocycles.